The van der Waals surface area contributed by atoms with Crippen molar-refractivity contribution in [1.29, 1.82) is 0 Å². The maximum atomic E-state index is 13.3. The first kappa shape index (κ1) is 18.8. The van der Waals surface area contributed by atoms with Gasteiger partial charge in [-0.25, -0.2) is 17.4 Å². The molecule has 1 N–H and O–H groups in total. The van der Waals surface area contributed by atoms with Crippen LogP contribution in [-0.4, -0.2) is 27.6 Å². The fourth-order valence-electron chi connectivity index (χ4n) is 4.14. The van der Waals surface area contributed by atoms with Crippen LogP contribution < -0.4 is 0 Å². The molecule has 0 radical (unpaired) electrons. The van der Waals surface area contributed by atoms with Crippen molar-refractivity contribution in [2.75, 3.05) is 0 Å². The van der Waals surface area contributed by atoms with Crippen LogP contribution in [0.2, 0.25) is 0 Å². The maximum absolute atomic E-state index is 13.3. The Morgan fingerprint density at radius 1 is 1.13 bits per heavy atom. The molecule has 1 atom stereocenters. The lowest BCUT2D eigenvalue weighted by Crippen LogP contribution is -2.12. The molecule has 0 aliphatic heterocycles. The zero-order valence-corrected chi connectivity index (χ0v) is 17.4. The summed E-state index contributed by atoms with van der Waals surface area (Å²) in [7, 11) is -3.77. The van der Waals surface area contributed by atoms with E-state index in [-0.39, 0.29) is 4.90 Å². The van der Waals surface area contributed by atoms with Crippen molar-refractivity contribution in [2.24, 2.45) is 5.92 Å². The zero-order valence-electron chi connectivity index (χ0n) is 16.6. The third-order valence-corrected chi connectivity index (χ3v) is 7.35. The molecule has 0 saturated heterocycles. The number of benzene rings is 1. The standard InChI is InChI=1S/C23H22N4O2S/c1-16-6-5-7-17(10-16)18-11-21-22(19-13-25-26-14-19)15-27(23(21)24-12-18)30(28,29)20-8-3-2-4-9-20/h2-4,8-16H,5-7H2,1H3,(H,25,26). The molecular weight excluding hydrogens is 396 g/mol. The van der Waals surface area contributed by atoms with E-state index in [0.717, 1.165) is 34.9 Å². The summed E-state index contributed by atoms with van der Waals surface area (Å²) in [5.74, 6) is 0.542. The highest BCUT2D eigenvalue weighted by Crippen LogP contribution is 2.35. The number of aromatic amines is 1. The minimum absolute atomic E-state index is 0.232. The fraction of sp³-hybridized carbons (Fsp3) is 0.217. The molecule has 1 aliphatic rings. The number of fused-ring (bicyclic) bond motifs is 1. The van der Waals surface area contributed by atoms with E-state index >= 15 is 0 Å². The number of H-pyrrole nitrogens is 1. The molecule has 1 aromatic carbocycles. The van der Waals surface area contributed by atoms with Gasteiger partial charge < -0.3 is 0 Å². The van der Waals surface area contributed by atoms with Crippen molar-refractivity contribution in [3.8, 4) is 11.1 Å². The number of aromatic nitrogens is 4. The van der Waals surface area contributed by atoms with Crippen LogP contribution in [0.3, 0.4) is 0 Å². The average molecular weight is 419 g/mol. The van der Waals surface area contributed by atoms with Gasteiger partial charge in [-0.05, 0) is 54.5 Å². The molecule has 7 heteroatoms. The highest BCUT2D eigenvalue weighted by atomic mass is 32.2. The number of allylic oxidation sites excluding steroid dienone is 2. The molecular formula is C23H22N4O2S. The Hall–Kier alpha value is -3.19. The number of nitrogens with one attached hydrogen (secondary N) is 1. The van der Waals surface area contributed by atoms with E-state index in [2.05, 4.69) is 34.2 Å². The molecule has 5 rings (SSSR count). The van der Waals surface area contributed by atoms with E-state index in [4.69, 9.17) is 0 Å². The fourth-order valence-corrected chi connectivity index (χ4v) is 5.48. The molecule has 0 spiro atoms. The summed E-state index contributed by atoms with van der Waals surface area (Å²) in [6.07, 6.45) is 12.6. The predicted octanol–water partition coefficient (Wildman–Crippen LogP) is 4.87. The normalized spacial score (nSPS) is 17.2. The molecule has 6 nitrogen and oxygen atoms in total. The van der Waals surface area contributed by atoms with Gasteiger partial charge in [-0.3, -0.25) is 5.10 Å². The lowest BCUT2D eigenvalue weighted by molar-refractivity contribution is 0.589. The van der Waals surface area contributed by atoms with Crippen molar-refractivity contribution < 1.29 is 8.42 Å². The molecule has 3 aromatic heterocycles. The van der Waals surface area contributed by atoms with E-state index < -0.39 is 10.0 Å². The minimum Gasteiger partial charge on any atom is -0.285 e. The van der Waals surface area contributed by atoms with Crippen LogP contribution in [0, 0.1) is 5.92 Å². The first-order chi connectivity index (χ1) is 14.5. The summed E-state index contributed by atoms with van der Waals surface area (Å²) in [5, 5.41) is 7.66. The van der Waals surface area contributed by atoms with E-state index in [9.17, 15) is 8.42 Å². The Morgan fingerprint density at radius 3 is 2.70 bits per heavy atom. The number of pyridine rings is 1. The molecule has 152 valence electrons. The Morgan fingerprint density at radius 2 is 1.97 bits per heavy atom. The Kier molecular flexibility index (Phi) is 4.55. The van der Waals surface area contributed by atoms with Crippen LogP contribution in [0.25, 0.3) is 27.7 Å². The summed E-state index contributed by atoms with van der Waals surface area (Å²) in [5.41, 5.74) is 4.36. The Balaban J connectivity index is 1.74. The van der Waals surface area contributed by atoms with Gasteiger partial charge in [0.1, 0.15) is 0 Å². The second kappa shape index (κ2) is 7.25. The quantitative estimate of drug-likeness (QED) is 0.513. The summed E-state index contributed by atoms with van der Waals surface area (Å²) in [4.78, 5) is 4.85. The van der Waals surface area contributed by atoms with Crippen LogP contribution >= 0.6 is 0 Å². The Labute approximate surface area is 175 Å². The van der Waals surface area contributed by atoms with Gasteiger partial charge in [0.25, 0.3) is 10.0 Å². The third-order valence-electron chi connectivity index (χ3n) is 5.68. The molecule has 1 unspecified atom stereocenters. The summed E-state index contributed by atoms with van der Waals surface area (Å²) < 4.78 is 28.0. The summed E-state index contributed by atoms with van der Waals surface area (Å²) in [6, 6.07) is 10.5. The monoisotopic (exact) mass is 418 g/mol. The first-order valence-corrected chi connectivity index (χ1v) is 11.5. The molecule has 30 heavy (non-hydrogen) atoms. The average Bonchev–Trinajstić information content (AvgIpc) is 3.42. The molecule has 4 aromatic rings. The van der Waals surface area contributed by atoms with Gasteiger partial charge in [0.05, 0.1) is 11.1 Å². The van der Waals surface area contributed by atoms with E-state index in [0.29, 0.717) is 11.6 Å². The third kappa shape index (κ3) is 3.15. The second-order valence-electron chi connectivity index (χ2n) is 7.80. The minimum atomic E-state index is -3.77. The molecule has 0 fully saturated rings. The smallest absolute Gasteiger partial charge is 0.269 e. The van der Waals surface area contributed by atoms with Crippen LogP contribution in [0.1, 0.15) is 31.7 Å². The zero-order chi connectivity index (χ0) is 20.7. The van der Waals surface area contributed by atoms with Crippen LogP contribution in [0.15, 0.2) is 72.2 Å². The molecule has 0 bridgehead atoms. The SMILES string of the molecule is CC1C=C(c2cnc3c(c2)c(-c2cn[nH]c2)cn3S(=O)(=O)c2ccccc2)CCC1. The lowest BCUT2D eigenvalue weighted by Gasteiger charge is -2.18. The first-order valence-electron chi connectivity index (χ1n) is 10.1. The highest BCUT2D eigenvalue weighted by Gasteiger charge is 2.24. The maximum Gasteiger partial charge on any atom is 0.269 e. The van der Waals surface area contributed by atoms with Gasteiger partial charge in [0.15, 0.2) is 5.65 Å². The summed E-state index contributed by atoms with van der Waals surface area (Å²) in [6.45, 7) is 2.23. The molecule has 0 saturated carbocycles. The van der Waals surface area contributed by atoms with Crippen molar-refractivity contribution in [3.05, 3.63) is 72.8 Å². The van der Waals surface area contributed by atoms with Crippen LogP contribution in [0.5, 0.6) is 0 Å². The van der Waals surface area contributed by atoms with E-state index in [1.807, 2.05) is 0 Å². The van der Waals surface area contributed by atoms with Gasteiger partial charge in [-0.2, -0.15) is 5.10 Å². The molecule has 1 aliphatic carbocycles. The van der Waals surface area contributed by atoms with E-state index in [1.54, 1.807) is 55.1 Å². The number of nitrogens with zero attached hydrogens (tertiary/aromatic N) is 3. The van der Waals surface area contributed by atoms with Crippen molar-refractivity contribution in [1.82, 2.24) is 19.2 Å². The number of hydrogen-bond donors (Lipinski definition) is 1. The topological polar surface area (TPSA) is 80.6 Å². The van der Waals surface area contributed by atoms with Gasteiger partial charge in [-0.1, -0.05) is 31.2 Å². The van der Waals surface area contributed by atoms with Gasteiger partial charge in [0.2, 0.25) is 0 Å². The van der Waals surface area contributed by atoms with Crippen molar-refractivity contribution in [3.63, 3.8) is 0 Å². The van der Waals surface area contributed by atoms with Crippen molar-refractivity contribution >= 4 is 26.6 Å². The van der Waals surface area contributed by atoms with Gasteiger partial charge in [0, 0.05) is 35.1 Å². The molecule has 3 heterocycles. The molecule has 0 amide bonds. The largest absolute Gasteiger partial charge is 0.285 e. The summed E-state index contributed by atoms with van der Waals surface area (Å²) >= 11 is 0. The van der Waals surface area contributed by atoms with Crippen LogP contribution in [0.4, 0.5) is 0 Å². The number of rotatable bonds is 4. The van der Waals surface area contributed by atoms with Crippen LogP contribution in [-0.2, 0) is 10.0 Å². The highest BCUT2D eigenvalue weighted by molar-refractivity contribution is 7.90. The van der Waals surface area contributed by atoms with Gasteiger partial charge >= 0.3 is 0 Å². The van der Waals surface area contributed by atoms with E-state index in [1.165, 1.54) is 16.0 Å². The lowest BCUT2D eigenvalue weighted by atomic mass is 9.88. The Bertz CT molecular complexity index is 1340. The van der Waals surface area contributed by atoms with Crippen molar-refractivity contribution in [2.45, 2.75) is 31.1 Å². The second-order valence-corrected chi connectivity index (χ2v) is 9.62. The van der Waals surface area contributed by atoms with Gasteiger partial charge in [-0.15, -0.1) is 0 Å². The number of hydrogen-bond acceptors (Lipinski definition) is 4. The predicted molar refractivity (Wildman–Crippen MR) is 117 cm³/mol.